The normalized spacial score (nSPS) is 12.3. The first-order chi connectivity index (χ1) is 4.09. The van der Waals surface area contributed by atoms with Gasteiger partial charge < -0.3 is 5.41 Å². The average Bonchev–Trinajstić information content (AvgIpc) is 1.84. The van der Waals surface area contributed by atoms with Crippen molar-refractivity contribution in [3.05, 3.63) is 23.8 Å². The zero-order chi connectivity index (χ0) is 7.44. The highest BCUT2D eigenvalue weighted by Gasteiger charge is 1.92. The number of allylic oxidation sites excluding steroid dienone is 3. The number of nitrogens with one attached hydrogen (secondary N) is 1. The van der Waals surface area contributed by atoms with Crippen molar-refractivity contribution in [3.63, 3.8) is 0 Å². The van der Waals surface area contributed by atoms with E-state index in [2.05, 4.69) is 6.58 Å². The van der Waals surface area contributed by atoms with Gasteiger partial charge in [0.05, 0.1) is 0 Å². The second-order valence-electron chi connectivity index (χ2n) is 2.14. The minimum atomic E-state index is 0.618. The molecule has 1 N–H and O–H groups in total. The first-order valence-corrected chi connectivity index (χ1v) is 2.95. The maximum atomic E-state index is 7.23. The molecule has 0 fully saturated rings. The summed E-state index contributed by atoms with van der Waals surface area (Å²) in [6.45, 7) is 9.28. The van der Waals surface area contributed by atoms with E-state index in [1.807, 2.05) is 13.8 Å². The molecule has 0 atom stereocenters. The van der Waals surface area contributed by atoms with Gasteiger partial charge >= 0.3 is 0 Å². The molecule has 0 unspecified atom stereocenters. The Morgan fingerprint density at radius 1 is 1.33 bits per heavy atom. The monoisotopic (exact) mass is 123 g/mol. The van der Waals surface area contributed by atoms with Crippen molar-refractivity contribution in [1.82, 2.24) is 0 Å². The van der Waals surface area contributed by atoms with Crippen LogP contribution in [0.3, 0.4) is 0 Å². The molecule has 0 radical (unpaired) electrons. The van der Waals surface area contributed by atoms with Crippen LogP contribution in [0, 0.1) is 5.41 Å². The molecular formula is C8H13N. The van der Waals surface area contributed by atoms with Gasteiger partial charge in [-0.2, -0.15) is 0 Å². The van der Waals surface area contributed by atoms with Gasteiger partial charge in [-0.25, -0.2) is 0 Å². The summed E-state index contributed by atoms with van der Waals surface area (Å²) in [5.41, 5.74) is 2.72. The van der Waals surface area contributed by atoms with Crippen molar-refractivity contribution >= 4 is 5.71 Å². The summed E-state index contributed by atoms with van der Waals surface area (Å²) in [6, 6.07) is 0. The SMILES string of the molecule is C=C/C(C)=C(/C)C(C)=N. The Morgan fingerprint density at radius 3 is 1.89 bits per heavy atom. The standard InChI is InChI=1S/C8H13N/c1-5-6(2)7(3)8(4)9/h5,9H,1H2,2-4H3/b7-6-,9-8?. The van der Waals surface area contributed by atoms with Crippen LogP contribution in [0.15, 0.2) is 23.8 Å². The van der Waals surface area contributed by atoms with Gasteiger partial charge in [-0.3, -0.25) is 0 Å². The van der Waals surface area contributed by atoms with E-state index in [0.717, 1.165) is 11.1 Å². The molecule has 9 heavy (non-hydrogen) atoms. The fourth-order valence-corrected chi connectivity index (χ4v) is 0.449. The molecule has 0 spiro atoms. The molecule has 50 valence electrons. The summed E-state index contributed by atoms with van der Waals surface area (Å²) in [4.78, 5) is 0. The minimum Gasteiger partial charge on any atom is -0.305 e. The van der Waals surface area contributed by atoms with Crippen molar-refractivity contribution in [2.75, 3.05) is 0 Å². The third kappa shape index (κ3) is 2.27. The molecule has 0 heterocycles. The molecule has 0 aliphatic carbocycles. The van der Waals surface area contributed by atoms with Crippen LogP contribution in [0.2, 0.25) is 0 Å². The Kier molecular flexibility index (Phi) is 2.93. The molecule has 0 aliphatic heterocycles. The van der Waals surface area contributed by atoms with Gasteiger partial charge in [0.15, 0.2) is 0 Å². The summed E-state index contributed by atoms with van der Waals surface area (Å²) in [6.07, 6.45) is 1.77. The summed E-state index contributed by atoms with van der Waals surface area (Å²) in [5, 5.41) is 7.23. The quantitative estimate of drug-likeness (QED) is 0.431. The Labute approximate surface area is 56.6 Å². The molecule has 0 bridgehead atoms. The van der Waals surface area contributed by atoms with Crippen molar-refractivity contribution in [2.45, 2.75) is 20.8 Å². The predicted octanol–water partition coefficient (Wildman–Crippen LogP) is 2.55. The second-order valence-corrected chi connectivity index (χ2v) is 2.14. The molecule has 0 saturated carbocycles. The number of rotatable bonds is 2. The maximum Gasteiger partial charge on any atom is 0.0314 e. The van der Waals surface area contributed by atoms with Gasteiger partial charge in [-0.05, 0) is 31.9 Å². The van der Waals surface area contributed by atoms with E-state index < -0.39 is 0 Å². The Morgan fingerprint density at radius 2 is 1.78 bits per heavy atom. The van der Waals surface area contributed by atoms with Gasteiger partial charge in [-0.15, -0.1) is 0 Å². The predicted molar refractivity (Wildman–Crippen MR) is 42.0 cm³/mol. The molecule has 0 aromatic carbocycles. The fourth-order valence-electron chi connectivity index (χ4n) is 0.449. The number of hydrogen-bond acceptors (Lipinski definition) is 1. The zero-order valence-electron chi connectivity index (χ0n) is 6.28. The molecule has 0 saturated heterocycles. The van der Waals surface area contributed by atoms with Gasteiger partial charge in [0, 0.05) is 5.71 Å². The van der Waals surface area contributed by atoms with Gasteiger partial charge in [-0.1, -0.05) is 12.7 Å². The topological polar surface area (TPSA) is 23.9 Å². The zero-order valence-corrected chi connectivity index (χ0v) is 6.28. The molecule has 1 nitrogen and oxygen atoms in total. The van der Waals surface area contributed by atoms with Gasteiger partial charge in [0.25, 0.3) is 0 Å². The lowest BCUT2D eigenvalue weighted by atomic mass is 10.1. The number of hydrogen-bond donors (Lipinski definition) is 1. The van der Waals surface area contributed by atoms with Crippen LogP contribution in [0.25, 0.3) is 0 Å². The first kappa shape index (κ1) is 8.15. The van der Waals surface area contributed by atoms with Crippen LogP contribution in [-0.4, -0.2) is 5.71 Å². The summed E-state index contributed by atoms with van der Waals surface area (Å²) in [5.74, 6) is 0. The van der Waals surface area contributed by atoms with Crippen molar-refractivity contribution in [1.29, 1.82) is 5.41 Å². The molecule has 0 aromatic heterocycles. The molecule has 0 aliphatic rings. The van der Waals surface area contributed by atoms with E-state index in [-0.39, 0.29) is 0 Å². The van der Waals surface area contributed by atoms with Crippen molar-refractivity contribution in [3.8, 4) is 0 Å². The Balaban J connectivity index is 4.47. The van der Waals surface area contributed by atoms with Crippen molar-refractivity contribution in [2.24, 2.45) is 0 Å². The van der Waals surface area contributed by atoms with E-state index in [0.29, 0.717) is 5.71 Å². The van der Waals surface area contributed by atoms with E-state index in [1.165, 1.54) is 0 Å². The van der Waals surface area contributed by atoms with Crippen molar-refractivity contribution < 1.29 is 0 Å². The molecule has 0 amide bonds. The molecule has 0 aromatic rings. The maximum absolute atomic E-state index is 7.23. The van der Waals surface area contributed by atoms with Gasteiger partial charge in [0.2, 0.25) is 0 Å². The van der Waals surface area contributed by atoms with E-state index in [4.69, 9.17) is 5.41 Å². The van der Waals surface area contributed by atoms with Gasteiger partial charge in [0.1, 0.15) is 0 Å². The first-order valence-electron chi connectivity index (χ1n) is 2.95. The van der Waals surface area contributed by atoms with E-state index in [9.17, 15) is 0 Å². The van der Waals surface area contributed by atoms with Crippen LogP contribution in [-0.2, 0) is 0 Å². The summed E-state index contributed by atoms with van der Waals surface area (Å²) in [7, 11) is 0. The van der Waals surface area contributed by atoms with Crippen LogP contribution < -0.4 is 0 Å². The summed E-state index contributed by atoms with van der Waals surface area (Å²) < 4.78 is 0. The lowest BCUT2D eigenvalue weighted by Gasteiger charge is -1.98. The molecule has 1 heteroatoms. The van der Waals surface area contributed by atoms with Crippen LogP contribution in [0.1, 0.15) is 20.8 Å². The average molecular weight is 123 g/mol. The second kappa shape index (κ2) is 3.23. The van der Waals surface area contributed by atoms with Crippen LogP contribution in [0.5, 0.6) is 0 Å². The van der Waals surface area contributed by atoms with Crippen LogP contribution >= 0.6 is 0 Å². The fraction of sp³-hybridized carbons (Fsp3) is 0.375. The highest BCUT2D eigenvalue weighted by molar-refractivity contribution is 5.96. The largest absolute Gasteiger partial charge is 0.305 e. The highest BCUT2D eigenvalue weighted by Crippen LogP contribution is 2.04. The Hall–Kier alpha value is -0.850. The highest BCUT2D eigenvalue weighted by atomic mass is 14.4. The Bertz CT molecular complexity index is 163. The lowest BCUT2D eigenvalue weighted by Crippen LogP contribution is -1.92. The third-order valence-corrected chi connectivity index (χ3v) is 1.46. The van der Waals surface area contributed by atoms with E-state index in [1.54, 1.807) is 13.0 Å². The molecule has 0 rings (SSSR count). The summed E-state index contributed by atoms with van der Waals surface area (Å²) >= 11 is 0. The molecular weight excluding hydrogens is 110 g/mol. The minimum absolute atomic E-state index is 0.618. The smallest absolute Gasteiger partial charge is 0.0314 e. The van der Waals surface area contributed by atoms with Crippen LogP contribution in [0.4, 0.5) is 0 Å². The van der Waals surface area contributed by atoms with E-state index >= 15 is 0 Å². The lowest BCUT2D eigenvalue weighted by molar-refractivity contribution is 1.35. The third-order valence-electron chi connectivity index (χ3n) is 1.46.